The van der Waals surface area contributed by atoms with E-state index in [1.807, 2.05) is 13.8 Å². The molecule has 0 aromatic rings. The van der Waals surface area contributed by atoms with Crippen LogP contribution in [0.15, 0.2) is 12.7 Å². The Kier molecular flexibility index (Phi) is 4.59. The Hall–Kier alpha value is -0.830. The number of carbonyl (C=O) groups excluding carboxylic acids is 1. The van der Waals surface area contributed by atoms with Gasteiger partial charge in [0, 0.05) is 12.7 Å². The molecule has 70 valence electrons. The first-order valence-corrected chi connectivity index (χ1v) is 3.92. The average Bonchev–Trinajstić information content (AvgIpc) is 2.04. The first kappa shape index (κ1) is 11.2. The van der Waals surface area contributed by atoms with Crippen molar-refractivity contribution in [2.24, 2.45) is 5.41 Å². The van der Waals surface area contributed by atoms with Gasteiger partial charge in [0.2, 0.25) is 0 Å². The third kappa shape index (κ3) is 4.91. The van der Waals surface area contributed by atoms with E-state index >= 15 is 0 Å². The molecular weight excluding hydrogens is 156 g/mol. The van der Waals surface area contributed by atoms with Crippen molar-refractivity contribution in [3.8, 4) is 0 Å². The van der Waals surface area contributed by atoms with Gasteiger partial charge in [0.05, 0.1) is 6.61 Å². The molecule has 0 saturated carbocycles. The summed E-state index contributed by atoms with van der Waals surface area (Å²) in [5.74, 6) is -0.413. The van der Waals surface area contributed by atoms with Crippen LogP contribution in [0.4, 0.5) is 0 Å². The van der Waals surface area contributed by atoms with Crippen LogP contribution in [0.5, 0.6) is 0 Å². The SMILES string of the molecule is C=CC(=O)OCCC(C)(C)CO. The number of rotatable bonds is 5. The van der Waals surface area contributed by atoms with Gasteiger partial charge < -0.3 is 9.84 Å². The molecule has 0 heterocycles. The predicted octanol–water partition coefficient (Wildman–Crippen LogP) is 1.12. The van der Waals surface area contributed by atoms with Crippen LogP contribution in [-0.2, 0) is 9.53 Å². The molecule has 0 aliphatic carbocycles. The molecular formula is C9H16O3. The lowest BCUT2D eigenvalue weighted by Gasteiger charge is -2.20. The molecule has 0 radical (unpaired) electrons. The fourth-order valence-electron chi connectivity index (χ4n) is 0.566. The van der Waals surface area contributed by atoms with Crippen LogP contribution in [-0.4, -0.2) is 24.3 Å². The Labute approximate surface area is 73.0 Å². The average molecular weight is 172 g/mol. The highest BCUT2D eigenvalue weighted by Gasteiger charge is 2.16. The number of esters is 1. The maximum Gasteiger partial charge on any atom is 0.330 e. The zero-order valence-electron chi connectivity index (χ0n) is 7.67. The second-order valence-electron chi connectivity index (χ2n) is 3.44. The maximum absolute atomic E-state index is 10.6. The van der Waals surface area contributed by atoms with Crippen LogP contribution in [0, 0.1) is 5.41 Å². The Bertz CT molecular complexity index is 161. The van der Waals surface area contributed by atoms with E-state index in [1.165, 1.54) is 0 Å². The number of aliphatic hydroxyl groups is 1. The second kappa shape index (κ2) is 4.93. The van der Waals surface area contributed by atoms with Gasteiger partial charge in [-0.2, -0.15) is 0 Å². The largest absolute Gasteiger partial charge is 0.463 e. The van der Waals surface area contributed by atoms with E-state index in [2.05, 4.69) is 6.58 Å². The van der Waals surface area contributed by atoms with Gasteiger partial charge in [0.15, 0.2) is 0 Å². The molecule has 0 amide bonds. The minimum Gasteiger partial charge on any atom is -0.463 e. The molecule has 0 spiro atoms. The molecule has 0 rings (SSSR count). The van der Waals surface area contributed by atoms with Crippen molar-refractivity contribution in [1.82, 2.24) is 0 Å². The lowest BCUT2D eigenvalue weighted by molar-refractivity contribution is -0.138. The van der Waals surface area contributed by atoms with Crippen LogP contribution < -0.4 is 0 Å². The molecule has 3 heteroatoms. The minimum atomic E-state index is -0.413. The zero-order chi connectivity index (χ0) is 9.61. The molecule has 1 N–H and O–H groups in total. The molecule has 0 bridgehead atoms. The topological polar surface area (TPSA) is 46.5 Å². The summed E-state index contributed by atoms with van der Waals surface area (Å²) in [6, 6.07) is 0. The van der Waals surface area contributed by atoms with Gasteiger partial charge in [-0.05, 0) is 11.8 Å². The highest BCUT2D eigenvalue weighted by atomic mass is 16.5. The van der Waals surface area contributed by atoms with Gasteiger partial charge in [0.25, 0.3) is 0 Å². The number of ether oxygens (including phenoxy) is 1. The van der Waals surface area contributed by atoms with Crippen LogP contribution >= 0.6 is 0 Å². The van der Waals surface area contributed by atoms with Crippen LogP contribution in [0.1, 0.15) is 20.3 Å². The van der Waals surface area contributed by atoms with E-state index in [-0.39, 0.29) is 12.0 Å². The predicted molar refractivity (Wildman–Crippen MR) is 46.6 cm³/mol. The monoisotopic (exact) mass is 172 g/mol. The summed E-state index contributed by atoms with van der Waals surface area (Å²) in [5.41, 5.74) is -0.179. The summed E-state index contributed by atoms with van der Waals surface area (Å²) in [7, 11) is 0. The van der Waals surface area contributed by atoms with E-state index < -0.39 is 5.97 Å². The lowest BCUT2D eigenvalue weighted by Crippen LogP contribution is -2.19. The molecule has 0 aliphatic heterocycles. The van der Waals surface area contributed by atoms with Crippen molar-refractivity contribution in [3.05, 3.63) is 12.7 Å². The first-order valence-electron chi connectivity index (χ1n) is 3.92. The van der Waals surface area contributed by atoms with E-state index in [1.54, 1.807) is 0 Å². The number of hydrogen-bond donors (Lipinski definition) is 1. The Balaban J connectivity index is 3.56. The Morgan fingerprint density at radius 2 is 2.25 bits per heavy atom. The summed E-state index contributed by atoms with van der Waals surface area (Å²) in [5, 5.41) is 8.86. The second-order valence-corrected chi connectivity index (χ2v) is 3.44. The Morgan fingerprint density at radius 1 is 1.67 bits per heavy atom. The molecule has 0 aromatic carbocycles. The molecule has 12 heavy (non-hydrogen) atoms. The van der Waals surface area contributed by atoms with Gasteiger partial charge in [-0.15, -0.1) is 0 Å². The van der Waals surface area contributed by atoms with Crippen LogP contribution in [0.3, 0.4) is 0 Å². The third-order valence-corrected chi connectivity index (χ3v) is 1.62. The highest BCUT2D eigenvalue weighted by Crippen LogP contribution is 2.18. The maximum atomic E-state index is 10.6. The van der Waals surface area contributed by atoms with Gasteiger partial charge in [-0.1, -0.05) is 20.4 Å². The highest BCUT2D eigenvalue weighted by molar-refractivity contribution is 5.81. The number of aliphatic hydroxyl groups excluding tert-OH is 1. The van der Waals surface area contributed by atoms with Gasteiger partial charge >= 0.3 is 5.97 Å². The first-order chi connectivity index (χ1) is 5.52. The van der Waals surface area contributed by atoms with E-state index in [4.69, 9.17) is 9.84 Å². The van der Waals surface area contributed by atoms with Crippen molar-refractivity contribution in [1.29, 1.82) is 0 Å². The molecule has 0 saturated heterocycles. The Morgan fingerprint density at radius 3 is 2.67 bits per heavy atom. The summed E-state index contributed by atoms with van der Waals surface area (Å²) in [6.45, 7) is 7.52. The van der Waals surface area contributed by atoms with Crippen LogP contribution in [0.25, 0.3) is 0 Å². The van der Waals surface area contributed by atoms with E-state index in [0.717, 1.165) is 6.08 Å². The zero-order valence-corrected chi connectivity index (χ0v) is 7.67. The molecule has 0 atom stereocenters. The fourth-order valence-corrected chi connectivity index (χ4v) is 0.566. The smallest absolute Gasteiger partial charge is 0.330 e. The quantitative estimate of drug-likeness (QED) is 0.499. The summed E-state index contributed by atoms with van der Waals surface area (Å²) >= 11 is 0. The summed E-state index contributed by atoms with van der Waals surface area (Å²) in [6.07, 6.45) is 1.79. The van der Waals surface area contributed by atoms with Gasteiger partial charge in [0.1, 0.15) is 0 Å². The minimum absolute atomic E-state index is 0.0959. The molecule has 0 unspecified atom stereocenters. The summed E-state index contributed by atoms with van der Waals surface area (Å²) < 4.78 is 4.76. The van der Waals surface area contributed by atoms with Crippen molar-refractivity contribution in [2.75, 3.05) is 13.2 Å². The fraction of sp³-hybridized carbons (Fsp3) is 0.667. The van der Waals surface area contributed by atoms with E-state index in [0.29, 0.717) is 13.0 Å². The number of carbonyl (C=O) groups is 1. The van der Waals surface area contributed by atoms with Crippen molar-refractivity contribution < 1.29 is 14.6 Å². The van der Waals surface area contributed by atoms with Crippen molar-refractivity contribution >= 4 is 5.97 Å². The van der Waals surface area contributed by atoms with Gasteiger partial charge in [-0.3, -0.25) is 0 Å². The normalized spacial score (nSPS) is 10.9. The number of hydrogen-bond acceptors (Lipinski definition) is 3. The van der Waals surface area contributed by atoms with Gasteiger partial charge in [-0.25, -0.2) is 4.79 Å². The van der Waals surface area contributed by atoms with Crippen LogP contribution in [0.2, 0.25) is 0 Å². The third-order valence-electron chi connectivity index (χ3n) is 1.62. The molecule has 0 fully saturated rings. The molecule has 3 nitrogen and oxygen atoms in total. The standard InChI is InChI=1S/C9H16O3/c1-4-8(11)12-6-5-9(2,3)7-10/h4,10H,1,5-7H2,2-3H3. The molecule has 0 aliphatic rings. The molecule has 0 aromatic heterocycles. The summed E-state index contributed by atoms with van der Waals surface area (Å²) in [4.78, 5) is 10.6. The van der Waals surface area contributed by atoms with Crippen molar-refractivity contribution in [2.45, 2.75) is 20.3 Å². The van der Waals surface area contributed by atoms with E-state index in [9.17, 15) is 4.79 Å². The van der Waals surface area contributed by atoms with Crippen molar-refractivity contribution in [3.63, 3.8) is 0 Å². The lowest BCUT2D eigenvalue weighted by atomic mass is 9.91.